The van der Waals surface area contributed by atoms with E-state index < -0.39 is 11.6 Å². The quantitative estimate of drug-likeness (QED) is 0.554. The maximum atomic E-state index is 14.0. The number of pyridine rings is 1. The molecule has 0 N–H and O–H groups in total. The molecule has 1 aromatic carbocycles. The zero-order valence-electron chi connectivity index (χ0n) is 18.3. The Bertz CT molecular complexity index is 1040. The molecule has 1 fully saturated rings. The third-order valence-electron chi connectivity index (χ3n) is 5.88. The predicted molar refractivity (Wildman–Crippen MR) is 118 cm³/mol. The molecule has 4 rings (SSSR count). The molecule has 162 valence electrons. The van der Waals surface area contributed by atoms with Gasteiger partial charge in [-0.05, 0) is 75.5 Å². The van der Waals surface area contributed by atoms with Gasteiger partial charge in [-0.25, -0.2) is 14.2 Å². The van der Waals surface area contributed by atoms with Gasteiger partial charge >= 0.3 is 5.97 Å². The Morgan fingerprint density at radius 1 is 1.23 bits per heavy atom. The molecule has 0 saturated carbocycles. The lowest BCUT2D eigenvalue weighted by Crippen LogP contribution is -2.40. The largest absolute Gasteiger partial charge is 0.465 e. The second kappa shape index (κ2) is 8.68. The minimum absolute atomic E-state index is 0.367. The Balaban J connectivity index is 1.49. The number of nitrogens with zero attached hydrogens (tertiary/aromatic N) is 3. The molecule has 2 aromatic heterocycles. The SMILES string of the molecule is COC(=O)c1c#cc(Cn2ccc3c(C4CCN(CC(C)(C)F)CC4)ccnc32)cc1. The van der Waals surface area contributed by atoms with Gasteiger partial charge in [0.05, 0.1) is 13.7 Å². The summed E-state index contributed by atoms with van der Waals surface area (Å²) in [5.74, 6) is 0.0428. The van der Waals surface area contributed by atoms with Crippen LogP contribution in [-0.2, 0) is 11.3 Å². The van der Waals surface area contributed by atoms with E-state index in [2.05, 4.69) is 38.7 Å². The number of likely N-dealkylation sites (tertiary alicyclic amines) is 1. The summed E-state index contributed by atoms with van der Waals surface area (Å²) in [4.78, 5) is 18.4. The van der Waals surface area contributed by atoms with Crippen LogP contribution in [0.1, 0.15) is 54.1 Å². The summed E-state index contributed by atoms with van der Waals surface area (Å²) < 4.78 is 20.8. The van der Waals surface area contributed by atoms with Gasteiger partial charge in [0.2, 0.25) is 0 Å². The molecule has 0 amide bonds. The van der Waals surface area contributed by atoms with Crippen molar-refractivity contribution in [2.45, 2.75) is 44.8 Å². The number of hydrogen-bond acceptors (Lipinski definition) is 4. The first-order valence-electron chi connectivity index (χ1n) is 10.7. The fourth-order valence-electron chi connectivity index (χ4n) is 4.45. The number of hydrogen-bond donors (Lipinski definition) is 0. The van der Waals surface area contributed by atoms with Gasteiger partial charge in [0.15, 0.2) is 0 Å². The number of halogens is 1. The van der Waals surface area contributed by atoms with Crippen molar-refractivity contribution in [1.82, 2.24) is 14.5 Å². The van der Waals surface area contributed by atoms with E-state index in [1.165, 1.54) is 18.1 Å². The Labute approximate surface area is 182 Å². The van der Waals surface area contributed by atoms with E-state index in [0.29, 0.717) is 24.6 Å². The molecule has 5 nitrogen and oxygen atoms in total. The van der Waals surface area contributed by atoms with Crippen molar-refractivity contribution in [2.75, 3.05) is 26.7 Å². The first-order chi connectivity index (χ1) is 14.8. The van der Waals surface area contributed by atoms with Gasteiger partial charge in [-0.15, -0.1) is 0 Å². The van der Waals surface area contributed by atoms with Crippen LogP contribution in [-0.4, -0.2) is 52.8 Å². The van der Waals surface area contributed by atoms with Crippen LogP contribution in [0.2, 0.25) is 0 Å². The Morgan fingerprint density at radius 2 is 2.00 bits per heavy atom. The molecule has 0 aliphatic carbocycles. The van der Waals surface area contributed by atoms with Gasteiger partial charge in [0, 0.05) is 29.9 Å². The number of piperidine rings is 1. The average molecular weight is 422 g/mol. The zero-order chi connectivity index (χ0) is 22.0. The zero-order valence-corrected chi connectivity index (χ0v) is 18.3. The minimum atomic E-state index is -1.16. The highest BCUT2D eigenvalue weighted by atomic mass is 19.1. The third-order valence-corrected chi connectivity index (χ3v) is 5.88. The van der Waals surface area contributed by atoms with Crippen LogP contribution in [0, 0.1) is 12.1 Å². The van der Waals surface area contributed by atoms with E-state index in [1.54, 1.807) is 19.9 Å². The summed E-state index contributed by atoms with van der Waals surface area (Å²) in [6, 6.07) is 13.7. The summed E-state index contributed by atoms with van der Waals surface area (Å²) >= 11 is 0. The predicted octanol–water partition coefficient (Wildman–Crippen LogP) is 4.40. The lowest BCUT2D eigenvalue weighted by molar-refractivity contribution is 0.0600. The number of aromatic nitrogens is 2. The van der Waals surface area contributed by atoms with Crippen LogP contribution in [0.25, 0.3) is 11.0 Å². The maximum absolute atomic E-state index is 14.0. The number of carbonyl (C=O) groups excluding carboxylic acids is 1. The molecule has 0 spiro atoms. The van der Waals surface area contributed by atoms with E-state index in [-0.39, 0.29) is 0 Å². The normalized spacial score (nSPS) is 15.7. The summed E-state index contributed by atoms with van der Waals surface area (Å²) in [6.45, 7) is 6.21. The molecular weight excluding hydrogens is 393 g/mol. The average Bonchev–Trinajstić information content (AvgIpc) is 3.16. The number of alkyl halides is 1. The van der Waals surface area contributed by atoms with Crippen molar-refractivity contribution in [1.29, 1.82) is 0 Å². The van der Waals surface area contributed by atoms with Crippen LogP contribution in [0.15, 0.2) is 36.7 Å². The van der Waals surface area contributed by atoms with Gasteiger partial charge < -0.3 is 14.2 Å². The fraction of sp³-hybridized carbons (Fsp3) is 0.440. The summed E-state index contributed by atoms with van der Waals surface area (Å²) in [5.41, 5.74) is 2.39. The van der Waals surface area contributed by atoms with E-state index in [0.717, 1.165) is 37.1 Å². The highest BCUT2D eigenvalue weighted by molar-refractivity contribution is 5.88. The summed E-state index contributed by atoms with van der Waals surface area (Å²) in [7, 11) is 1.35. The minimum Gasteiger partial charge on any atom is -0.465 e. The number of methoxy groups -OCH3 is 1. The molecule has 6 heteroatoms. The molecule has 3 aromatic rings. The lowest BCUT2D eigenvalue weighted by atomic mass is 9.88. The van der Waals surface area contributed by atoms with Gasteiger partial charge in [-0.1, -0.05) is 12.1 Å². The smallest absolute Gasteiger partial charge is 0.346 e. The van der Waals surface area contributed by atoms with Gasteiger partial charge in [0.1, 0.15) is 16.9 Å². The Morgan fingerprint density at radius 3 is 2.65 bits per heavy atom. The van der Waals surface area contributed by atoms with Crippen LogP contribution < -0.4 is 0 Å². The van der Waals surface area contributed by atoms with Crippen LogP contribution in [0.5, 0.6) is 0 Å². The second-order valence-corrected chi connectivity index (χ2v) is 8.86. The van der Waals surface area contributed by atoms with Crippen molar-refractivity contribution in [2.24, 2.45) is 0 Å². The maximum Gasteiger partial charge on any atom is 0.346 e. The van der Waals surface area contributed by atoms with E-state index in [4.69, 9.17) is 4.74 Å². The number of fused-ring (bicyclic) bond motifs is 1. The fourth-order valence-corrected chi connectivity index (χ4v) is 4.45. The highest BCUT2D eigenvalue weighted by Crippen LogP contribution is 2.33. The molecule has 31 heavy (non-hydrogen) atoms. The standard InChI is InChI=1S/C25H28FN3O2/c1-25(2,26)17-28-13-9-19(10-14-28)21-8-12-27-23-22(21)11-15-29(23)16-18-4-6-20(7-5-18)24(30)31-3/h4,6,8,11-12,15,19H,9-10,13-14,16-17H2,1-3H3. The third kappa shape index (κ3) is 4.88. The number of ether oxygens (including phenoxy) is 1. The van der Waals surface area contributed by atoms with Gasteiger partial charge in [-0.2, -0.15) is 0 Å². The topological polar surface area (TPSA) is 47.4 Å². The number of carbonyl (C=O) groups is 1. The van der Waals surface area contributed by atoms with Crippen molar-refractivity contribution >= 4 is 17.0 Å². The second-order valence-electron chi connectivity index (χ2n) is 8.86. The number of rotatable bonds is 6. The van der Waals surface area contributed by atoms with Crippen molar-refractivity contribution < 1.29 is 13.9 Å². The molecule has 0 unspecified atom stereocenters. The van der Waals surface area contributed by atoms with Crippen LogP contribution >= 0.6 is 0 Å². The first kappa shape index (κ1) is 21.3. The first-order valence-corrected chi connectivity index (χ1v) is 10.7. The summed E-state index contributed by atoms with van der Waals surface area (Å²) in [5, 5.41) is 1.17. The lowest BCUT2D eigenvalue weighted by Gasteiger charge is -2.34. The molecular formula is C25H28FN3O2. The molecule has 3 heterocycles. The summed E-state index contributed by atoms with van der Waals surface area (Å²) in [6.07, 6.45) is 5.97. The van der Waals surface area contributed by atoms with Crippen LogP contribution in [0.4, 0.5) is 4.39 Å². The monoisotopic (exact) mass is 421 g/mol. The highest BCUT2D eigenvalue weighted by Gasteiger charge is 2.27. The van der Waals surface area contributed by atoms with Crippen molar-refractivity contribution in [3.05, 3.63) is 65.5 Å². The van der Waals surface area contributed by atoms with E-state index in [9.17, 15) is 9.18 Å². The van der Waals surface area contributed by atoms with Crippen molar-refractivity contribution in [3.63, 3.8) is 0 Å². The molecule has 0 radical (unpaired) electrons. The van der Waals surface area contributed by atoms with Gasteiger partial charge in [0.25, 0.3) is 0 Å². The van der Waals surface area contributed by atoms with Crippen molar-refractivity contribution in [3.8, 4) is 0 Å². The molecule has 1 aliphatic rings. The Hall–Kier alpha value is -2.91. The molecule has 0 bridgehead atoms. The number of esters is 1. The van der Waals surface area contributed by atoms with E-state index >= 15 is 0 Å². The Kier molecular flexibility index (Phi) is 5.97. The molecule has 1 saturated heterocycles. The van der Waals surface area contributed by atoms with Gasteiger partial charge in [-0.3, -0.25) is 0 Å². The molecule has 0 atom stereocenters. The van der Waals surface area contributed by atoms with Crippen LogP contribution in [0.3, 0.4) is 0 Å². The molecule has 1 aliphatic heterocycles. The van der Waals surface area contributed by atoms with E-state index in [1.807, 2.05) is 18.5 Å².